The monoisotopic (exact) mass is 441 g/mol. The predicted octanol–water partition coefficient (Wildman–Crippen LogP) is 4.70. The molecule has 3 heterocycles. The molecule has 0 saturated carbocycles. The van der Waals surface area contributed by atoms with Crippen molar-refractivity contribution in [1.29, 1.82) is 0 Å². The van der Waals surface area contributed by atoms with E-state index in [0.717, 1.165) is 17.2 Å². The largest absolute Gasteiger partial charge is 0.416 e. The molecule has 1 aromatic carbocycles. The Morgan fingerprint density at radius 1 is 1.12 bits per heavy atom. The Morgan fingerprint density at radius 3 is 2.75 bits per heavy atom. The van der Waals surface area contributed by atoms with Gasteiger partial charge in [-0.1, -0.05) is 24.3 Å². The molecule has 4 rings (SSSR count). The molecular formula is C24H22F3N3O2. The first-order chi connectivity index (χ1) is 15.3. The van der Waals surface area contributed by atoms with Crippen molar-refractivity contribution in [2.75, 3.05) is 18.4 Å². The lowest BCUT2D eigenvalue weighted by atomic mass is 9.96. The Labute approximate surface area is 183 Å². The molecule has 0 aliphatic carbocycles. The van der Waals surface area contributed by atoms with E-state index in [1.54, 1.807) is 29.3 Å². The second kappa shape index (κ2) is 8.98. The zero-order chi connectivity index (χ0) is 22.7. The standard InChI is InChI=1S/C24H22F3N3O2/c25-24(26,27)20-6-2-1-5-19(20)17-4-3-12-30(13-11-17)22(32)10-7-16-14-18-8-9-21(31)29-23(18)28-15-16/h1-2,4-7,10,14-15H,3,8-9,11-13H2,(H,28,29,31). The van der Waals surface area contributed by atoms with Crippen LogP contribution >= 0.6 is 0 Å². The molecule has 2 amide bonds. The summed E-state index contributed by atoms with van der Waals surface area (Å²) in [4.78, 5) is 30.0. The summed E-state index contributed by atoms with van der Waals surface area (Å²) in [6.07, 6.45) is 3.93. The Bertz CT molecular complexity index is 1110. The van der Waals surface area contributed by atoms with Gasteiger partial charge in [0.2, 0.25) is 11.8 Å². The minimum absolute atomic E-state index is 0.0598. The minimum Gasteiger partial charge on any atom is -0.339 e. The van der Waals surface area contributed by atoms with E-state index in [0.29, 0.717) is 50.2 Å². The highest BCUT2D eigenvalue weighted by atomic mass is 19.4. The fraction of sp³-hybridized carbons (Fsp3) is 0.292. The van der Waals surface area contributed by atoms with Crippen LogP contribution in [0.3, 0.4) is 0 Å². The number of fused-ring (bicyclic) bond motifs is 1. The number of hydrogen-bond donors (Lipinski definition) is 1. The van der Waals surface area contributed by atoms with Crippen LogP contribution < -0.4 is 5.32 Å². The van der Waals surface area contributed by atoms with Crippen molar-refractivity contribution in [2.45, 2.75) is 31.9 Å². The predicted molar refractivity (Wildman–Crippen MR) is 115 cm³/mol. The Balaban J connectivity index is 1.42. The summed E-state index contributed by atoms with van der Waals surface area (Å²) in [5.41, 5.74) is 1.81. The van der Waals surface area contributed by atoms with E-state index in [9.17, 15) is 22.8 Å². The number of amides is 2. The molecule has 32 heavy (non-hydrogen) atoms. The summed E-state index contributed by atoms with van der Waals surface area (Å²) in [6, 6.07) is 7.44. The number of aryl methyl sites for hydroxylation is 1. The van der Waals surface area contributed by atoms with Gasteiger partial charge in [0.1, 0.15) is 5.82 Å². The zero-order valence-electron chi connectivity index (χ0n) is 17.3. The van der Waals surface area contributed by atoms with Crippen LogP contribution in [0.25, 0.3) is 11.6 Å². The molecule has 5 nitrogen and oxygen atoms in total. The minimum atomic E-state index is -4.42. The van der Waals surface area contributed by atoms with Crippen LogP contribution in [0.1, 0.15) is 41.5 Å². The van der Waals surface area contributed by atoms with Gasteiger partial charge >= 0.3 is 6.18 Å². The van der Waals surface area contributed by atoms with E-state index in [1.165, 1.54) is 18.2 Å². The number of halogens is 3. The van der Waals surface area contributed by atoms with Crippen LogP contribution in [0.4, 0.5) is 19.0 Å². The van der Waals surface area contributed by atoms with Gasteiger partial charge in [0.25, 0.3) is 0 Å². The van der Waals surface area contributed by atoms with E-state index >= 15 is 0 Å². The van der Waals surface area contributed by atoms with Crippen molar-refractivity contribution < 1.29 is 22.8 Å². The molecule has 2 aliphatic rings. The van der Waals surface area contributed by atoms with Crippen molar-refractivity contribution in [3.05, 3.63) is 70.9 Å². The lowest BCUT2D eigenvalue weighted by molar-refractivity contribution is -0.137. The quantitative estimate of drug-likeness (QED) is 0.702. The molecule has 2 aliphatic heterocycles. The SMILES string of the molecule is O=C1CCc2cc(C=CC(=O)N3CCC=C(c4ccccc4C(F)(F)F)CC3)cnc2N1. The molecule has 1 N–H and O–H groups in total. The lowest BCUT2D eigenvalue weighted by Crippen LogP contribution is -2.30. The summed E-state index contributed by atoms with van der Waals surface area (Å²) in [6.45, 7) is 0.783. The first-order valence-corrected chi connectivity index (χ1v) is 10.4. The first kappa shape index (κ1) is 21.8. The maximum Gasteiger partial charge on any atom is 0.416 e. The smallest absolute Gasteiger partial charge is 0.339 e. The average Bonchev–Trinajstić information content (AvgIpc) is 3.03. The summed E-state index contributed by atoms with van der Waals surface area (Å²) < 4.78 is 40.1. The molecule has 166 valence electrons. The molecule has 0 atom stereocenters. The number of rotatable bonds is 3. The van der Waals surface area contributed by atoms with E-state index in [4.69, 9.17) is 0 Å². The number of aromatic nitrogens is 1. The summed E-state index contributed by atoms with van der Waals surface area (Å²) in [7, 11) is 0. The van der Waals surface area contributed by atoms with Gasteiger partial charge in [-0.2, -0.15) is 13.2 Å². The van der Waals surface area contributed by atoms with Crippen LogP contribution in [0, 0.1) is 0 Å². The number of carbonyl (C=O) groups excluding carboxylic acids is 2. The molecule has 0 saturated heterocycles. The fourth-order valence-electron chi connectivity index (χ4n) is 3.98. The molecule has 2 aromatic rings. The number of alkyl halides is 3. The van der Waals surface area contributed by atoms with Gasteiger partial charge in [0.05, 0.1) is 5.56 Å². The number of benzene rings is 1. The van der Waals surface area contributed by atoms with E-state index in [2.05, 4.69) is 10.3 Å². The number of anilines is 1. The molecule has 0 spiro atoms. The highest BCUT2D eigenvalue weighted by molar-refractivity contribution is 5.94. The summed E-state index contributed by atoms with van der Waals surface area (Å²) in [5, 5.41) is 2.72. The average molecular weight is 441 g/mol. The van der Waals surface area contributed by atoms with Crippen LogP contribution in [-0.2, 0) is 22.2 Å². The van der Waals surface area contributed by atoms with E-state index < -0.39 is 11.7 Å². The third-order valence-electron chi connectivity index (χ3n) is 5.62. The van der Waals surface area contributed by atoms with Gasteiger partial charge in [-0.05, 0) is 59.7 Å². The number of carbonyl (C=O) groups is 2. The van der Waals surface area contributed by atoms with Crippen molar-refractivity contribution in [3.63, 3.8) is 0 Å². The molecule has 8 heteroatoms. The second-order valence-corrected chi connectivity index (χ2v) is 7.79. The highest BCUT2D eigenvalue weighted by Gasteiger charge is 2.34. The van der Waals surface area contributed by atoms with E-state index in [-0.39, 0.29) is 17.4 Å². The van der Waals surface area contributed by atoms with Crippen LogP contribution in [0.15, 0.2) is 48.7 Å². The lowest BCUT2D eigenvalue weighted by Gasteiger charge is -2.19. The molecule has 1 aromatic heterocycles. The summed E-state index contributed by atoms with van der Waals surface area (Å²) in [5.74, 6) is 0.292. The van der Waals surface area contributed by atoms with Gasteiger partial charge in [-0.15, -0.1) is 0 Å². The molecule has 0 fully saturated rings. The normalized spacial score (nSPS) is 16.9. The number of hydrogen-bond acceptors (Lipinski definition) is 3. The van der Waals surface area contributed by atoms with Crippen LogP contribution in [0.2, 0.25) is 0 Å². The Kier molecular flexibility index (Phi) is 6.12. The summed E-state index contributed by atoms with van der Waals surface area (Å²) >= 11 is 0. The third kappa shape index (κ3) is 4.90. The second-order valence-electron chi connectivity index (χ2n) is 7.79. The van der Waals surface area contributed by atoms with Gasteiger partial charge in [0.15, 0.2) is 0 Å². The van der Waals surface area contributed by atoms with Crippen molar-refractivity contribution in [3.8, 4) is 0 Å². The van der Waals surface area contributed by atoms with Gasteiger partial charge in [-0.3, -0.25) is 9.59 Å². The van der Waals surface area contributed by atoms with Crippen molar-refractivity contribution in [1.82, 2.24) is 9.88 Å². The highest BCUT2D eigenvalue weighted by Crippen LogP contribution is 2.36. The molecule has 0 unspecified atom stereocenters. The molecular weight excluding hydrogens is 419 g/mol. The van der Waals surface area contributed by atoms with Gasteiger partial charge in [0, 0.05) is 31.8 Å². The van der Waals surface area contributed by atoms with Crippen LogP contribution in [-0.4, -0.2) is 34.8 Å². The first-order valence-electron chi connectivity index (χ1n) is 10.4. The van der Waals surface area contributed by atoms with Crippen molar-refractivity contribution in [2.24, 2.45) is 0 Å². The topological polar surface area (TPSA) is 62.3 Å². The van der Waals surface area contributed by atoms with E-state index in [1.807, 2.05) is 6.07 Å². The zero-order valence-corrected chi connectivity index (χ0v) is 17.3. The molecule has 0 bridgehead atoms. The Hall–Kier alpha value is -3.42. The number of nitrogens with one attached hydrogen (secondary N) is 1. The van der Waals surface area contributed by atoms with Crippen LogP contribution in [0.5, 0.6) is 0 Å². The molecule has 0 radical (unpaired) electrons. The third-order valence-corrected chi connectivity index (χ3v) is 5.62. The maximum absolute atomic E-state index is 13.4. The number of nitrogens with zero attached hydrogens (tertiary/aromatic N) is 2. The van der Waals surface area contributed by atoms with Gasteiger partial charge in [-0.25, -0.2) is 4.98 Å². The van der Waals surface area contributed by atoms with Crippen molar-refractivity contribution >= 4 is 29.3 Å². The van der Waals surface area contributed by atoms with Gasteiger partial charge < -0.3 is 10.2 Å². The maximum atomic E-state index is 13.4. The Morgan fingerprint density at radius 2 is 1.94 bits per heavy atom. The fourth-order valence-corrected chi connectivity index (χ4v) is 3.98. The number of pyridine rings is 1.